The monoisotopic (exact) mass is 334 g/mol. The van der Waals surface area contributed by atoms with Crippen LogP contribution in [0.3, 0.4) is 0 Å². The molecule has 1 atom stereocenters. The third-order valence-electron chi connectivity index (χ3n) is 5.14. The Morgan fingerprint density at radius 2 is 2.12 bits per heavy atom. The van der Waals surface area contributed by atoms with E-state index in [9.17, 15) is 4.79 Å². The molecule has 0 unspecified atom stereocenters. The first-order valence-electron chi connectivity index (χ1n) is 9.41. The molecule has 2 fully saturated rings. The predicted octanol–water partition coefficient (Wildman–Crippen LogP) is 2.91. The summed E-state index contributed by atoms with van der Waals surface area (Å²) in [4.78, 5) is 17.3. The van der Waals surface area contributed by atoms with Gasteiger partial charge in [-0.25, -0.2) is 0 Å². The predicted molar refractivity (Wildman–Crippen MR) is 92.6 cm³/mol. The zero-order valence-corrected chi connectivity index (χ0v) is 14.8. The van der Waals surface area contributed by atoms with Gasteiger partial charge in [-0.2, -0.15) is 0 Å². The molecule has 1 amide bonds. The van der Waals surface area contributed by atoms with Gasteiger partial charge in [0.2, 0.25) is 5.91 Å². The van der Waals surface area contributed by atoms with E-state index in [4.69, 9.17) is 9.15 Å². The van der Waals surface area contributed by atoms with Crippen molar-refractivity contribution in [3.05, 3.63) is 24.2 Å². The van der Waals surface area contributed by atoms with Gasteiger partial charge >= 0.3 is 0 Å². The maximum Gasteiger partial charge on any atom is 0.225 e. The van der Waals surface area contributed by atoms with Gasteiger partial charge in [-0.3, -0.25) is 9.69 Å². The number of rotatable bonds is 6. The van der Waals surface area contributed by atoms with Crippen LogP contribution in [0, 0.1) is 5.92 Å². The van der Waals surface area contributed by atoms with Gasteiger partial charge in [0.25, 0.3) is 0 Å². The Morgan fingerprint density at radius 3 is 2.83 bits per heavy atom. The Morgan fingerprint density at radius 1 is 1.29 bits per heavy atom. The molecule has 2 aliphatic heterocycles. The third kappa shape index (κ3) is 4.61. The van der Waals surface area contributed by atoms with Gasteiger partial charge in [-0.15, -0.1) is 0 Å². The largest absolute Gasteiger partial charge is 0.468 e. The smallest absolute Gasteiger partial charge is 0.225 e. The molecule has 0 aromatic carbocycles. The summed E-state index contributed by atoms with van der Waals surface area (Å²) in [5, 5.41) is 0. The van der Waals surface area contributed by atoms with Crippen LogP contribution in [0.4, 0.5) is 0 Å². The van der Waals surface area contributed by atoms with Crippen molar-refractivity contribution in [3.8, 4) is 0 Å². The van der Waals surface area contributed by atoms with Gasteiger partial charge in [0.1, 0.15) is 5.76 Å². The number of piperidine rings is 2. The minimum atomic E-state index is 0.183. The Bertz CT molecular complexity index is 495. The first kappa shape index (κ1) is 17.5. The number of carbonyl (C=O) groups is 1. The summed E-state index contributed by atoms with van der Waals surface area (Å²) in [6.45, 7) is 7.41. The number of hydrogen-bond donors (Lipinski definition) is 0. The first-order chi connectivity index (χ1) is 11.8. The van der Waals surface area contributed by atoms with Crippen molar-refractivity contribution in [2.75, 3.05) is 32.8 Å². The Hall–Kier alpha value is -1.33. The zero-order chi connectivity index (χ0) is 16.8. The molecule has 3 heterocycles. The number of nitrogens with zero attached hydrogens (tertiary/aromatic N) is 2. The van der Waals surface area contributed by atoms with Gasteiger partial charge in [-0.05, 0) is 57.3 Å². The molecule has 1 aromatic rings. The van der Waals surface area contributed by atoms with Crippen molar-refractivity contribution < 1.29 is 13.9 Å². The van der Waals surface area contributed by atoms with E-state index < -0.39 is 0 Å². The average Bonchev–Trinajstić information content (AvgIpc) is 3.13. The minimum Gasteiger partial charge on any atom is -0.468 e. The number of carbonyl (C=O) groups excluding carboxylic acids is 1. The zero-order valence-electron chi connectivity index (χ0n) is 14.8. The van der Waals surface area contributed by atoms with Crippen LogP contribution < -0.4 is 0 Å². The maximum absolute atomic E-state index is 12.8. The van der Waals surface area contributed by atoms with Crippen LogP contribution >= 0.6 is 0 Å². The standard InChI is InChI=1S/C19H30N2O3/c1-2-12-23-18-5-3-9-21(15-18)19(22)16-7-10-20(11-8-16)14-17-6-4-13-24-17/h4,6,13,16,18H,2-3,5,7-12,14-15H2,1H3/t18-/m1/s1. The number of amides is 1. The van der Waals surface area contributed by atoms with Gasteiger partial charge in [-0.1, -0.05) is 6.92 Å². The van der Waals surface area contributed by atoms with Gasteiger partial charge in [0.05, 0.1) is 18.9 Å². The van der Waals surface area contributed by atoms with Crippen molar-refractivity contribution in [3.63, 3.8) is 0 Å². The topological polar surface area (TPSA) is 45.9 Å². The SMILES string of the molecule is CCCO[C@@H]1CCCN(C(=O)C2CCN(Cc3ccco3)CC2)C1. The Kier molecular flexibility index (Phi) is 6.32. The highest BCUT2D eigenvalue weighted by Gasteiger charge is 2.31. The Labute approximate surface area is 144 Å². The summed E-state index contributed by atoms with van der Waals surface area (Å²) < 4.78 is 11.3. The highest BCUT2D eigenvalue weighted by Crippen LogP contribution is 2.23. The normalized spacial score (nSPS) is 23.5. The van der Waals surface area contributed by atoms with Crippen molar-refractivity contribution in [2.24, 2.45) is 5.92 Å². The van der Waals surface area contributed by atoms with Crippen LogP contribution in [0.15, 0.2) is 22.8 Å². The highest BCUT2D eigenvalue weighted by atomic mass is 16.5. The molecule has 0 spiro atoms. The molecule has 0 saturated carbocycles. The number of hydrogen-bond acceptors (Lipinski definition) is 4. The summed E-state index contributed by atoms with van der Waals surface area (Å²) in [7, 11) is 0. The lowest BCUT2D eigenvalue weighted by molar-refractivity contribution is -0.141. The lowest BCUT2D eigenvalue weighted by atomic mass is 9.94. The average molecular weight is 334 g/mol. The second-order valence-corrected chi connectivity index (χ2v) is 7.05. The summed E-state index contributed by atoms with van der Waals surface area (Å²) in [5.41, 5.74) is 0. The van der Waals surface area contributed by atoms with E-state index in [2.05, 4.69) is 16.7 Å². The fourth-order valence-corrected chi connectivity index (χ4v) is 3.78. The van der Waals surface area contributed by atoms with E-state index in [0.717, 1.165) is 77.2 Å². The molecule has 134 valence electrons. The summed E-state index contributed by atoms with van der Waals surface area (Å²) in [5.74, 6) is 1.53. The molecule has 2 aliphatic rings. The van der Waals surface area contributed by atoms with Crippen LogP contribution in [0.1, 0.15) is 44.8 Å². The molecule has 2 saturated heterocycles. The molecular formula is C19H30N2O3. The maximum atomic E-state index is 12.8. The lowest BCUT2D eigenvalue weighted by Gasteiger charge is -2.37. The first-order valence-corrected chi connectivity index (χ1v) is 9.41. The molecule has 1 aromatic heterocycles. The second kappa shape index (κ2) is 8.67. The molecule has 5 heteroatoms. The number of furan rings is 1. The van der Waals surface area contributed by atoms with E-state index in [0.29, 0.717) is 5.91 Å². The third-order valence-corrected chi connectivity index (χ3v) is 5.14. The summed E-state index contributed by atoms with van der Waals surface area (Å²) >= 11 is 0. The second-order valence-electron chi connectivity index (χ2n) is 7.05. The Balaban J connectivity index is 1.44. The van der Waals surface area contributed by atoms with Gasteiger partial charge < -0.3 is 14.1 Å². The molecule has 0 radical (unpaired) electrons. The molecule has 3 rings (SSSR count). The van der Waals surface area contributed by atoms with E-state index in [1.165, 1.54) is 0 Å². The van der Waals surface area contributed by atoms with Crippen molar-refractivity contribution in [2.45, 2.75) is 51.7 Å². The van der Waals surface area contributed by atoms with E-state index in [1.54, 1.807) is 6.26 Å². The van der Waals surface area contributed by atoms with Gasteiger partial charge in [0.15, 0.2) is 0 Å². The van der Waals surface area contributed by atoms with Crippen LogP contribution in [-0.4, -0.2) is 54.6 Å². The van der Waals surface area contributed by atoms with E-state index in [-0.39, 0.29) is 12.0 Å². The molecule has 5 nitrogen and oxygen atoms in total. The molecule has 0 bridgehead atoms. The molecule has 24 heavy (non-hydrogen) atoms. The van der Waals surface area contributed by atoms with Crippen LogP contribution in [0.2, 0.25) is 0 Å². The molecule has 0 aliphatic carbocycles. The van der Waals surface area contributed by atoms with Crippen LogP contribution in [-0.2, 0) is 16.1 Å². The van der Waals surface area contributed by atoms with Crippen molar-refractivity contribution in [1.82, 2.24) is 9.80 Å². The summed E-state index contributed by atoms with van der Waals surface area (Å²) in [6.07, 6.45) is 7.06. The van der Waals surface area contributed by atoms with E-state index >= 15 is 0 Å². The van der Waals surface area contributed by atoms with Gasteiger partial charge in [0, 0.05) is 25.6 Å². The fourth-order valence-electron chi connectivity index (χ4n) is 3.78. The number of likely N-dealkylation sites (tertiary alicyclic amines) is 2. The number of ether oxygens (including phenoxy) is 1. The lowest BCUT2D eigenvalue weighted by Crippen LogP contribution is -2.48. The summed E-state index contributed by atoms with van der Waals surface area (Å²) in [6, 6.07) is 3.94. The fraction of sp³-hybridized carbons (Fsp3) is 0.737. The van der Waals surface area contributed by atoms with Crippen LogP contribution in [0.25, 0.3) is 0 Å². The van der Waals surface area contributed by atoms with Crippen molar-refractivity contribution in [1.29, 1.82) is 0 Å². The molecule has 0 N–H and O–H groups in total. The van der Waals surface area contributed by atoms with Crippen molar-refractivity contribution >= 4 is 5.91 Å². The highest BCUT2D eigenvalue weighted by molar-refractivity contribution is 5.79. The van der Waals surface area contributed by atoms with E-state index in [1.807, 2.05) is 12.1 Å². The van der Waals surface area contributed by atoms with Crippen LogP contribution in [0.5, 0.6) is 0 Å². The minimum absolute atomic E-state index is 0.183. The molecular weight excluding hydrogens is 304 g/mol. The quantitative estimate of drug-likeness (QED) is 0.802.